The van der Waals surface area contributed by atoms with Gasteiger partial charge < -0.3 is 9.64 Å². The fourth-order valence-corrected chi connectivity index (χ4v) is 1.75. The maximum Gasteiger partial charge on any atom is 0.351 e. The molecule has 0 fully saturated rings. The minimum absolute atomic E-state index is 0.0775. The number of hydrogen-bond donors (Lipinski definition) is 0. The van der Waals surface area contributed by atoms with Crippen molar-refractivity contribution in [3.63, 3.8) is 0 Å². The molecule has 0 aliphatic carbocycles. The van der Waals surface area contributed by atoms with Gasteiger partial charge in [-0.3, -0.25) is 0 Å². The van der Waals surface area contributed by atoms with Crippen LogP contribution < -0.4 is 0 Å². The molecule has 5 heteroatoms. The van der Waals surface area contributed by atoms with E-state index in [0.29, 0.717) is 5.03 Å². The van der Waals surface area contributed by atoms with E-state index in [-0.39, 0.29) is 12.2 Å². The lowest BCUT2D eigenvalue weighted by Crippen LogP contribution is -2.20. The molecule has 0 N–H and O–H groups in total. The van der Waals surface area contributed by atoms with Gasteiger partial charge in [-0.2, -0.15) is 5.26 Å². The number of nitriles is 1. The molecule has 4 nitrogen and oxygen atoms in total. The van der Waals surface area contributed by atoms with Crippen LogP contribution in [0.1, 0.15) is 13.8 Å². The third kappa shape index (κ3) is 3.84. The number of rotatable bonds is 5. The molecule has 0 saturated heterocycles. The van der Waals surface area contributed by atoms with Crippen molar-refractivity contribution < 1.29 is 9.53 Å². The second kappa shape index (κ2) is 7.18. The Labute approximate surface area is 94.9 Å². The van der Waals surface area contributed by atoms with Crippen molar-refractivity contribution in [2.75, 3.05) is 26.5 Å². The Balaban J connectivity index is 5.08. The number of carbonyl (C=O) groups is 1. The van der Waals surface area contributed by atoms with Gasteiger partial charge in [0, 0.05) is 13.6 Å². The summed E-state index contributed by atoms with van der Waals surface area (Å²) in [5.74, 6) is -0.551. The van der Waals surface area contributed by atoms with E-state index < -0.39 is 5.97 Å². The molecule has 0 aromatic heterocycles. The van der Waals surface area contributed by atoms with Crippen molar-refractivity contribution in [3.05, 3.63) is 10.6 Å². The van der Waals surface area contributed by atoms with Gasteiger partial charge in [0.25, 0.3) is 0 Å². The molecule has 0 saturated carbocycles. The highest BCUT2D eigenvalue weighted by Crippen LogP contribution is 2.20. The quantitative estimate of drug-likeness (QED) is 0.406. The third-order valence-corrected chi connectivity index (χ3v) is 2.72. The average Bonchev–Trinajstić information content (AvgIpc) is 2.24. The lowest BCUT2D eigenvalue weighted by molar-refractivity contribution is -0.138. The summed E-state index contributed by atoms with van der Waals surface area (Å²) in [4.78, 5) is 13.3. The van der Waals surface area contributed by atoms with Crippen LogP contribution in [-0.2, 0) is 9.53 Å². The van der Waals surface area contributed by atoms with Crippen LogP contribution in [-0.4, -0.2) is 37.3 Å². The van der Waals surface area contributed by atoms with Crippen LogP contribution in [0.3, 0.4) is 0 Å². The molecule has 0 aromatic carbocycles. The summed E-state index contributed by atoms with van der Waals surface area (Å²) in [6.07, 6.45) is 1.83. The molecule has 0 aromatic rings. The summed E-state index contributed by atoms with van der Waals surface area (Å²) in [6.45, 7) is 4.69. The minimum Gasteiger partial charge on any atom is -0.462 e. The second-order valence-corrected chi connectivity index (χ2v) is 3.53. The van der Waals surface area contributed by atoms with Gasteiger partial charge in [-0.25, -0.2) is 4.79 Å². The van der Waals surface area contributed by atoms with Crippen LogP contribution in [0.4, 0.5) is 0 Å². The summed E-state index contributed by atoms with van der Waals surface area (Å²) in [5, 5.41) is 9.57. The van der Waals surface area contributed by atoms with E-state index >= 15 is 0 Å². The first-order valence-corrected chi connectivity index (χ1v) is 5.91. The monoisotopic (exact) mass is 228 g/mol. The van der Waals surface area contributed by atoms with Crippen LogP contribution in [0, 0.1) is 11.3 Å². The van der Waals surface area contributed by atoms with Crippen molar-refractivity contribution >= 4 is 17.7 Å². The number of carbonyl (C=O) groups excluding carboxylic acids is 1. The summed E-state index contributed by atoms with van der Waals surface area (Å²) in [5.41, 5.74) is 0.0775. The molecule has 0 atom stereocenters. The van der Waals surface area contributed by atoms with Crippen molar-refractivity contribution in [2.45, 2.75) is 13.8 Å². The molecule has 0 aliphatic rings. The number of esters is 1. The van der Waals surface area contributed by atoms with E-state index in [9.17, 15) is 4.79 Å². The molecule has 15 heavy (non-hydrogen) atoms. The molecule has 0 unspecified atom stereocenters. The van der Waals surface area contributed by atoms with Gasteiger partial charge in [-0.15, -0.1) is 11.8 Å². The Hall–Kier alpha value is -1.15. The summed E-state index contributed by atoms with van der Waals surface area (Å²) in [6, 6.07) is 1.90. The highest BCUT2D eigenvalue weighted by atomic mass is 32.2. The average molecular weight is 228 g/mol. The van der Waals surface area contributed by atoms with Gasteiger partial charge in [0.2, 0.25) is 0 Å². The molecule has 84 valence electrons. The predicted octanol–water partition coefficient (Wildman–Crippen LogP) is 1.60. The van der Waals surface area contributed by atoms with E-state index in [1.165, 1.54) is 11.8 Å². The molecule has 0 spiro atoms. The van der Waals surface area contributed by atoms with Crippen LogP contribution in [0.2, 0.25) is 0 Å². The largest absolute Gasteiger partial charge is 0.462 e. The van der Waals surface area contributed by atoms with Crippen LogP contribution in [0.25, 0.3) is 0 Å². The zero-order chi connectivity index (χ0) is 11.8. The summed E-state index contributed by atoms with van der Waals surface area (Å²) in [7, 11) is 1.84. The molecule has 0 rings (SSSR count). The standard InChI is InChI=1S/C10H16N2O2S/c1-5-12(3)9(15-4)8(7-11)10(13)14-6-2/h5-6H2,1-4H3/b9-8-. The predicted molar refractivity (Wildman–Crippen MR) is 61.1 cm³/mol. The third-order valence-electron chi connectivity index (χ3n) is 1.82. The topological polar surface area (TPSA) is 53.3 Å². The molecular weight excluding hydrogens is 212 g/mol. The summed E-state index contributed by atoms with van der Waals surface area (Å²) >= 11 is 1.37. The lowest BCUT2D eigenvalue weighted by Gasteiger charge is -2.19. The van der Waals surface area contributed by atoms with E-state index in [0.717, 1.165) is 6.54 Å². The molecular formula is C10H16N2O2S. The van der Waals surface area contributed by atoms with Crippen LogP contribution >= 0.6 is 11.8 Å². The van der Waals surface area contributed by atoms with Gasteiger partial charge in [0.1, 0.15) is 6.07 Å². The SMILES string of the molecule is CCOC(=O)/C(C#N)=C(\SC)N(C)CC. The van der Waals surface area contributed by atoms with E-state index in [1.807, 2.05) is 31.2 Å². The van der Waals surface area contributed by atoms with Crippen molar-refractivity contribution in [1.82, 2.24) is 4.90 Å². The summed E-state index contributed by atoms with van der Waals surface area (Å²) < 4.78 is 4.81. The maximum absolute atomic E-state index is 11.5. The van der Waals surface area contributed by atoms with Crippen molar-refractivity contribution in [2.24, 2.45) is 0 Å². The Bertz CT molecular complexity index is 294. The number of ether oxygens (including phenoxy) is 1. The van der Waals surface area contributed by atoms with E-state index in [1.54, 1.807) is 6.92 Å². The zero-order valence-corrected chi connectivity index (χ0v) is 10.3. The Morgan fingerprint density at radius 2 is 2.13 bits per heavy atom. The normalized spacial score (nSPS) is 11.4. The fourth-order valence-electron chi connectivity index (χ4n) is 0.976. The van der Waals surface area contributed by atoms with Gasteiger partial charge in [-0.1, -0.05) is 0 Å². The molecule has 0 amide bonds. The fraction of sp³-hybridized carbons (Fsp3) is 0.600. The molecule has 0 radical (unpaired) electrons. The Kier molecular flexibility index (Phi) is 6.63. The number of thioether (sulfide) groups is 1. The number of hydrogen-bond acceptors (Lipinski definition) is 5. The van der Waals surface area contributed by atoms with Crippen molar-refractivity contribution in [1.29, 1.82) is 5.26 Å². The first kappa shape index (κ1) is 13.8. The molecule has 0 aliphatic heterocycles. The van der Waals surface area contributed by atoms with Crippen molar-refractivity contribution in [3.8, 4) is 6.07 Å². The maximum atomic E-state index is 11.5. The first-order valence-electron chi connectivity index (χ1n) is 4.68. The van der Waals surface area contributed by atoms with Gasteiger partial charge in [-0.05, 0) is 20.1 Å². The zero-order valence-electron chi connectivity index (χ0n) is 9.53. The Morgan fingerprint density at radius 3 is 2.47 bits per heavy atom. The van der Waals surface area contributed by atoms with E-state index in [4.69, 9.17) is 10.00 Å². The smallest absolute Gasteiger partial charge is 0.351 e. The van der Waals surface area contributed by atoms with Gasteiger partial charge in [0.15, 0.2) is 5.57 Å². The van der Waals surface area contributed by atoms with Crippen LogP contribution in [0.5, 0.6) is 0 Å². The van der Waals surface area contributed by atoms with E-state index in [2.05, 4.69) is 0 Å². The van der Waals surface area contributed by atoms with Gasteiger partial charge in [0.05, 0.1) is 11.6 Å². The second-order valence-electron chi connectivity index (χ2n) is 2.73. The minimum atomic E-state index is -0.551. The van der Waals surface area contributed by atoms with Crippen LogP contribution in [0.15, 0.2) is 10.6 Å². The highest BCUT2D eigenvalue weighted by molar-refractivity contribution is 8.02. The Morgan fingerprint density at radius 1 is 1.53 bits per heavy atom. The molecule has 0 heterocycles. The molecule has 0 bridgehead atoms. The lowest BCUT2D eigenvalue weighted by atomic mass is 10.3. The highest BCUT2D eigenvalue weighted by Gasteiger charge is 2.18. The van der Waals surface area contributed by atoms with Gasteiger partial charge >= 0.3 is 5.97 Å². The number of nitrogens with zero attached hydrogens (tertiary/aromatic N) is 2. The first-order chi connectivity index (χ1) is 7.12.